The van der Waals surface area contributed by atoms with E-state index in [1.165, 1.54) is 24.3 Å². The molecular formula is C16H11FO3. The van der Waals surface area contributed by atoms with E-state index in [2.05, 4.69) is 0 Å². The number of carbonyl (C=O) groups is 3. The molecule has 0 bridgehead atoms. The maximum atomic E-state index is 13.6. The summed E-state index contributed by atoms with van der Waals surface area (Å²) in [5.74, 6) is -3.05. The van der Waals surface area contributed by atoms with Crippen LogP contribution in [0.5, 0.6) is 0 Å². The highest BCUT2D eigenvalue weighted by atomic mass is 19.1. The van der Waals surface area contributed by atoms with Crippen LogP contribution in [-0.2, 0) is 0 Å². The third-order valence-corrected chi connectivity index (χ3v) is 2.85. The highest BCUT2D eigenvalue weighted by molar-refractivity contribution is 6.50. The van der Waals surface area contributed by atoms with Crippen LogP contribution in [0.1, 0.15) is 38.0 Å². The normalized spacial score (nSPS) is 10.1. The van der Waals surface area contributed by atoms with Crippen molar-refractivity contribution in [2.75, 3.05) is 0 Å². The Bertz CT molecular complexity index is 690. The summed E-state index contributed by atoms with van der Waals surface area (Å²) in [4.78, 5) is 35.6. The molecule has 0 aromatic heterocycles. The van der Waals surface area contributed by atoms with E-state index >= 15 is 0 Å². The lowest BCUT2D eigenvalue weighted by Gasteiger charge is -2.06. The molecule has 0 unspecified atom stereocenters. The molecule has 0 radical (unpaired) electrons. The topological polar surface area (TPSA) is 51.2 Å². The predicted molar refractivity (Wildman–Crippen MR) is 71.5 cm³/mol. The van der Waals surface area contributed by atoms with Gasteiger partial charge in [0.05, 0.1) is 5.56 Å². The first-order chi connectivity index (χ1) is 9.52. The monoisotopic (exact) mass is 270 g/mol. The largest absolute Gasteiger partial charge is 0.294 e. The minimum absolute atomic E-state index is 0.202. The molecule has 0 spiro atoms. The second-order valence-electron chi connectivity index (χ2n) is 4.24. The Kier molecular flexibility index (Phi) is 3.84. The second kappa shape index (κ2) is 5.57. The predicted octanol–water partition coefficient (Wildman–Crippen LogP) is 3.09. The molecule has 0 heterocycles. The fourth-order valence-corrected chi connectivity index (χ4v) is 1.91. The van der Waals surface area contributed by atoms with Gasteiger partial charge in [0.1, 0.15) is 5.82 Å². The van der Waals surface area contributed by atoms with Crippen LogP contribution in [0.2, 0.25) is 0 Å². The zero-order valence-corrected chi connectivity index (χ0v) is 10.7. The molecule has 2 aromatic carbocycles. The molecule has 0 aliphatic heterocycles. The van der Waals surface area contributed by atoms with E-state index in [0.717, 1.165) is 13.0 Å². The van der Waals surface area contributed by atoms with Crippen molar-refractivity contribution in [3.8, 4) is 0 Å². The number of rotatable bonds is 4. The Hall–Kier alpha value is -2.62. The van der Waals surface area contributed by atoms with Gasteiger partial charge in [0.25, 0.3) is 0 Å². The van der Waals surface area contributed by atoms with E-state index < -0.39 is 23.2 Å². The van der Waals surface area contributed by atoms with Crippen molar-refractivity contribution in [3.63, 3.8) is 0 Å². The molecule has 0 fully saturated rings. The highest BCUT2D eigenvalue weighted by Crippen LogP contribution is 2.17. The Morgan fingerprint density at radius 3 is 2.10 bits per heavy atom. The van der Waals surface area contributed by atoms with Crippen LogP contribution in [-0.4, -0.2) is 17.3 Å². The lowest BCUT2D eigenvalue weighted by Crippen LogP contribution is -2.18. The summed E-state index contributed by atoms with van der Waals surface area (Å²) >= 11 is 0. The molecule has 20 heavy (non-hydrogen) atoms. The number of Topliss-reactive ketones (excluding diaryl/α,β-unsaturated/α-hetero) is 3. The first-order valence-electron chi connectivity index (χ1n) is 5.96. The second-order valence-corrected chi connectivity index (χ2v) is 4.24. The average Bonchev–Trinajstić information content (AvgIpc) is 2.46. The summed E-state index contributed by atoms with van der Waals surface area (Å²) in [7, 11) is 0. The zero-order valence-electron chi connectivity index (χ0n) is 10.7. The molecular weight excluding hydrogens is 259 g/mol. The van der Waals surface area contributed by atoms with Gasteiger partial charge in [-0.2, -0.15) is 0 Å². The lowest BCUT2D eigenvalue weighted by molar-refractivity contribution is 0.0814. The maximum Gasteiger partial charge on any atom is 0.234 e. The van der Waals surface area contributed by atoms with Gasteiger partial charge in [-0.15, -0.1) is 0 Å². The summed E-state index contributed by atoms with van der Waals surface area (Å²) in [5.41, 5.74) is -0.343. The maximum absolute atomic E-state index is 13.6. The summed E-state index contributed by atoms with van der Waals surface area (Å²) in [6, 6.07) is 11.6. The smallest absolute Gasteiger partial charge is 0.234 e. The first-order valence-corrected chi connectivity index (χ1v) is 5.96. The van der Waals surface area contributed by atoms with Crippen LogP contribution in [0.15, 0.2) is 48.5 Å². The van der Waals surface area contributed by atoms with Gasteiger partial charge in [0, 0.05) is 11.1 Å². The van der Waals surface area contributed by atoms with Gasteiger partial charge < -0.3 is 0 Å². The highest BCUT2D eigenvalue weighted by Gasteiger charge is 2.24. The summed E-state index contributed by atoms with van der Waals surface area (Å²) in [6.07, 6.45) is 0. The number of hydrogen-bond acceptors (Lipinski definition) is 3. The Morgan fingerprint density at radius 1 is 0.850 bits per heavy atom. The van der Waals surface area contributed by atoms with Gasteiger partial charge >= 0.3 is 0 Å². The Morgan fingerprint density at radius 2 is 1.50 bits per heavy atom. The number of ketones is 3. The molecule has 100 valence electrons. The van der Waals surface area contributed by atoms with E-state index in [1.54, 1.807) is 18.2 Å². The first kappa shape index (κ1) is 13.8. The fraction of sp³-hybridized carbons (Fsp3) is 0.0625. The van der Waals surface area contributed by atoms with Crippen molar-refractivity contribution in [2.24, 2.45) is 0 Å². The van der Waals surface area contributed by atoms with Crippen molar-refractivity contribution in [2.45, 2.75) is 6.92 Å². The molecule has 3 nitrogen and oxygen atoms in total. The molecule has 4 heteroatoms. The van der Waals surface area contributed by atoms with Crippen LogP contribution < -0.4 is 0 Å². The molecule has 0 amide bonds. The van der Waals surface area contributed by atoms with E-state index in [0.29, 0.717) is 0 Å². The Labute approximate surface area is 115 Å². The van der Waals surface area contributed by atoms with Gasteiger partial charge in [0.2, 0.25) is 11.6 Å². The number of halogens is 1. The third kappa shape index (κ3) is 2.54. The molecule has 2 rings (SSSR count). The van der Waals surface area contributed by atoms with E-state index in [-0.39, 0.29) is 16.7 Å². The van der Waals surface area contributed by atoms with Gasteiger partial charge in [-0.25, -0.2) is 4.39 Å². The van der Waals surface area contributed by atoms with Gasteiger partial charge in [-0.1, -0.05) is 36.4 Å². The number of benzene rings is 2. The number of carbonyl (C=O) groups excluding carboxylic acids is 3. The molecule has 0 saturated carbocycles. The van der Waals surface area contributed by atoms with Gasteiger partial charge in [0.15, 0.2) is 5.78 Å². The van der Waals surface area contributed by atoms with Crippen LogP contribution in [0.3, 0.4) is 0 Å². The van der Waals surface area contributed by atoms with Crippen LogP contribution in [0, 0.1) is 5.82 Å². The van der Waals surface area contributed by atoms with Crippen molar-refractivity contribution in [1.29, 1.82) is 0 Å². The fourth-order valence-electron chi connectivity index (χ4n) is 1.91. The van der Waals surface area contributed by atoms with Crippen molar-refractivity contribution >= 4 is 17.3 Å². The molecule has 0 aliphatic rings. The molecule has 0 atom stereocenters. The zero-order chi connectivity index (χ0) is 14.7. The Balaban J connectivity index is 2.47. The lowest BCUT2D eigenvalue weighted by atomic mass is 9.95. The molecule has 0 saturated heterocycles. The summed E-state index contributed by atoms with van der Waals surface area (Å²) in [6.45, 7) is 1.15. The summed E-state index contributed by atoms with van der Waals surface area (Å²) in [5, 5.41) is 0. The van der Waals surface area contributed by atoms with Crippen LogP contribution in [0.4, 0.5) is 4.39 Å². The molecule has 0 N–H and O–H groups in total. The molecule has 2 aromatic rings. The van der Waals surface area contributed by atoms with Crippen molar-refractivity contribution in [3.05, 3.63) is 71.0 Å². The number of hydrogen-bond donors (Lipinski definition) is 0. The SMILES string of the molecule is CC(=O)c1c(F)cccc1C(=O)C(=O)c1ccccc1. The molecule has 0 aliphatic carbocycles. The van der Waals surface area contributed by atoms with Gasteiger partial charge in [-0.05, 0) is 19.1 Å². The van der Waals surface area contributed by atoms with Crippen LogP contribution >= 0.6 is 0 Å². The average molecular weight is 270 g/mol. The van der Waals surface area contributed by atoms with Gasteiger partial charge in [-0.3, -0.25) is 14.4 Å². The standard InChI is InChI=1S/C16H11FO3/c1-10(18)14-12(8-5-9-13(14)17)16(20)15(19)11-6-3-2-4-7-11/h2-9H,1H3. The van der Waals surface area contributed by atoms with Crippen molar-refractivity contribution in [1.82, 2.24) is 0 Å². The van der Waals surface area contributed by atoms with E-state index in [1.807, 2.05) is 0 Å². The van der Waals surface area contributed by atoms with E-state index in [9.17, 15) is 18.8 Å². The van der Waals surface area contributed by atoms with Crippen molar-refractivity contribution < 1.29 is 18.8 Å². The van der Waals surface area contributed by atoms with Crippen LogP contribution in [0.25, 0.3) is 0 Å². The van der Waals surface area contributed by atoms with E-state index in [4.69, 9.17) is 0 Å². The minimum Gasteiger partial charge on any atom is -0.294 e. The summed E-state index contributed by atoms with van der Waals surface area (Å²) < 4.78 is 13.6. The third-order valence-electron chi connectivity index (χ3n) is 2.85. The quantitative estimate of drug-likeness (QED) is 0.633. The minimum atomic E-state index is -0.888.